The molecule has 6 N–H and O–H groups in total. The lowest BCUT2D eigenvalue weighted by Crippen LogP contribution is -2.57. The van der Waals surface area contributed by atoms with Crippen molar-refractivity contribution in [3.8, 4) is 27.4 Å². The first kappa shape index (κ1) is 42.0. The number of nitrogens with two attached hydrogens (primary N) is 1. The molecule has 2 fully saturated rings. The average molecular weight is 833 g/mol. The molecule has 3 atom stereocenters. The summed E-state index contributed by atoms with van der Waals surface area (Å²) in [7, 11) is 0. The number of para-hydroxylation sites is 1. The van der Waals surface area contributed by atoms with Gasteiger partial charge in [-0.05, 0) is 65.8 Å². The van der Waals surface area contributed by atoms with Crippen LogP contribution in [0.5, 0.6) is 5.75 Å². The zero-order chi connectivity index (χ0) is 42.6. The van der Waals surface area contributed by atoms with Gasteiger partial charge in [0.1, 0.15) is 23.7 Å². The number of benzene rings is 2. The molecule has 5 heterocycles. The Hall–Kier alpha value is -6.13. The van der Waals surface area contributed by atoms with Gasteiger partial charge in [-0.3, -0.25) is 14.4 Å². The van der Waals surface area contributed by atoms with Crippen LogP contribution >= 0.6 is 11.3 Å². The minimum absolute atomic E-state index is 0.00241. The molecular formula is C44H52N10O5S. The molecule has 16 heteroatoms. The smallest absolute Gasteiger partial charge is 0.246 e. The molecule has 0 spiro atoms. The summed E-state index contributed by atoms with van der Waals surface area (Å²) >= 11 is 1.58. The highest BCUT2D eigenvalue weighted by Crippen LogP contribution is 2.33. The Morgan fingerprint density at radius 2 is 1.68 bits per heavy atom. The molecule has 2 saturated heterocycles. The van der Waals surface area contributed by atoms with E-state index in [1.165, 1.54) is 4.90 Å². The van der Waals surface area contributed by atoms with Crippen LogP contribution in [0.2, 0.25) is 0 Å². The number of carbonyl (C=O) groups excluding carboxylic acids is 3. The normalized spacial score (nSPS) is 17.4. The summed E-state index contributed by atoms with van der Waals surface area (Å²) in [6.45, 7) is 10.5. The van der Waals surface area contributed by atoms with Crippen LogP contribution in [-0.4, -0.2) is 104 Å². The van der Waals surface area contributed by atoms with E-state index in [0.717, 1.165) is 38.8 Å². The summed E-state index contributed by atoms with van der Waals surface area (Å²) in [5.41, 5.74) is 13.1. The molecule has 0 radical (unpaired) electrons. The molecule has 0 saturated carbocycles. The second-order valence-corrected chi connectivity index (χ2v) is 17.3. The second kappa shape index (κ2) is 18.0. The van der Waals surface area contributed by atoms with Gasteiger partial charge < -0.3 is 41.3 Å². The highest BCUT2D eigenvalue weighted by Gasteiger charge is 2.44. The fourth-order valence-corrected chi connectivity index (χ4v) is 8.51. The molecule has 15 nitrogen and oxygen atoms in total. The average Bonchev–Trinajstić information content (AvgIpc) is 3.86. The summed E-state index contributed by atoms with van der Waals surface area (Å²) in [6, 6.07) is 18.8. The molecule has 60 heavy (non-hydrogen) atoms. The third-order valence-electron chi connectivity index (χ3n) is 11.1. The zero-order valence-electron chi connectivity index (χ0n) is 34.3. The molecule has 0 bridgehead atoms. The van der Waals surface area contributed by atoms with Crippen molar-refractivity contribution in [2.24, 2.45) is 5.41 Å². The third-order valence-corrected chi connectivity index (χ3v) is 12.1. The van der Waals surface area contributed by atoms with E-state index in [4.69, 9.17) is 5.73 Å². The fourth-order valence-electron chi connectivity index (χ4n) is 7.70. The standard InChI is InChI=1S/C44H52N10O5S/c1-27-39(60-26-48-27)30-12-9-29(10-13-30)24-47-42(58)35-22-31(55)25-54(35)43(59)40(44(2,3)4)49-38(57)14-11-28-15-16-46-37(21-28)53-19-17-52(18-20-53)34-23-33(50-51-41(34)45)32-7-5-6-8-36(32)56/h5-10,12-13,15-16,21,23,26,31,35,40,55-56H,11,14,17-20,22,24-25H2,1-4H3,(H2,45,51)(H,47,58)(H,49,57)/t31-,35+,40-/m1/s1. The van der Waals surface area contributed by atoms with E-state index >= 15 is 0 Å². The van der Waals surface area contributed by atoms with Crippen LogP contribution in [0.1, 0.15) is 50.4 Å². The number of likely N-dealkylation sites (tertiary alicyclic amines) is 1. The van der Waals surface area contributed by atoms with Gasteiger partial charge in [0.25, 0.3) is 0 Å². The van der Waals surface area contributed by atoms with Gasteiger partial charge in [-0.1, -0.05) is 57.2 Å². The Labute approximate surface area is 353 Å². The summed E-state index contributed by atoms with van der Waals surface area (Å²) in [5, 5.41) is 35.2. The SMILES string of the molecule is Cc1ncsc1-c1ccc(CNC(=O)[C@@H]2C[C@@H](O)CN2C(=O)[C@@H](NC(=O)CCc2ccnc(N3CCN(c4cc(-c5ccccc5O)nnc4N)CC3)c2)C(C)(C)C)cc1. The van der Waals surface area contributed by atoms with Crippen molar-refractivity contribution in [2.45, 2.75) is 71.7 Å². The second-order valence-electron chi connectivity index (χ2n) is 16.5. The maximum atomic E-state index is 14.1. The van der Waals surface area contributed by atoms with Crippen molar-refractivity contribution >= 4 is 46.4 Å². The lowest BCUT2D eigenvalue weighted by atomic mass is 9.85. The number of thiazole rings is 1. The molecule has 0 aliphatic carbocycles. The first-order valence-electron chi connectivity index (χ1n) is 20.2. The van der Waals surface area contributed by atoms with Crippen LogP contribution in [0.4, 0.5) is 17.3 Å². The molecule has 0 unspecified atom stereocenters. The van der Waals surface area contributed by atoms with Gasteiger partial charge in [0.2, 0.25) is 17.7 Å². The number of aliphatic hydroxyl groups is 1. The fraction of sp³-hybridized carbons (Fsp3) is 0.386. The monoisotopic (exact) mass is 832 g/mol. The van der Waals surface area contributed by atoms with Crippen LogP contribution in [0.3, 0.4) is 0 Å². The Kier molecular flexibility index (Phi) is 12.6. The minimum Gasteiger partial charge on any atom is -0.507 e. The van der Waals surface area contributed by atoms with Crippen molar-refractivity contribution in [1.29, 1.82) is 0 Å². The van der Waals surface area contributed by atoms with Gasteiger partial charge >= 0.3 is 0 Å². The number of aliphatic hydroxyl groups excluding tert-OH is 1. The highest BCUT2D eigenvalue weighted by molar-refractivity contribution is 7.13. The molecule has 3 aromatic heterocycles. The number of pyridine rings is 1. The molecule has 7 rings (SSSR count). The number of rotatable bonds is 12. The van der Waals surface area contributed by atoms with Crippen molar-refractivity contribution in [3.63, 3.8) is 0 Å². The molecular weight excluding hydrogens is 781 g/mol. The summed E-state index contributed by atoms with van der Waals surface area (Å²) in [6.07, 6.45) is 1.56. The van der Waals surface area contributed by atoms with E-state index in [2.05, 4.69) is 40.6 Å². The lowest BCUT2D eigenvalue weighted by Gasteiger charge is -2.37. The Balaban J connectivity index is 0.927. The van der Waals surface area contributed by atoms with E-state index in [0.29, 0.717) is 49.7 Å². The van der Waals surface area contributed by atoms with E-state index in [1.54, 1.807) is 35.7 Å². The lowest BCUT2D eigenvalue weighted by molar-refractivity contribution is -0.144. The van der Waals surface area contributed by atoms with Crippen molar-refractivity contribution in [1.82, 2.24) is 35.7 Å². The number of aromatic hydroxyl groups is 1. The van der Waals surface area contributed by atoms with Gasteiger partial charge in [0, 0.05) is 63.9 Å². The third kappa shape index (κ3) is 9.66. The number of piperazine rings is 1. The van der Waals surface area contributed by atoms with Crippen molar-refractivity contribution in [3.05, 3.63) is 95.3 Å². The topological polar surface area (TPSA) is 203 Å². The first-order valence-corrected chi connectivity index (χ1v) is 21.0. The number of aryl methyl sites for hydroxylation is 2. The van der Waals surface area contributed by atoms with Crippen molar-refractivity contribution in [2.75, 3.05) is 48.3 Å². The largest absolute Gasteiger partial charge is 0.507 e. The van der Waals surface area contributed by atoms with E-state index in [-0.39, 0.29) is 43.5 Å². The Bertz CT molecular complexity index is 2320. The van der Waals surface area contributed by atoms with Crippen molar-refractivity contribution < 1.29 is 24.6 Å². The molecule has 3 amide bonds. The highest BCUT2D eigenvalue weighted by atomic mass is 32.1. The van der Waals surface area contributed by atoms with E-state index in [1.807, 2.05) is 81.7 Å². The number of hydrogen-bond donors (Lipinski definition) is 5. The van der Waals surface area contributed by atoms with Crippen LogP contribution in [0, 0.1) is 12.3 Å². The van der Waals surface area contributed by atoms with Crippen LogP contribution in [-0.2, 0) is 27.3 Å². The molecule has 314 valence electrons. The molecule has 5 aromatic rings. The number of nitrogen functional groups attached to an aromatic ring is 1. The number of nitrogens with one attached hydrogen (secondary N) is 2. The van der Waals surface area contributed by atoms with E-state index in [9.17, 15) is 24.6 Å². The van der Waals surface area contributed by atoms with Crippen LogP contribution in [0.15, 0.2) is 78.4 Å². The van der Waals surface area contributed by atoms with Crippen LogP contribution in [0.25, 0.3) is 21.7 Å². The summed E-state index contributed by atoms with van der Waals surface area (Å²) in [5.74, 6) is 0.184. The van der Waals surface area contributed by atoms with Gasteiger partial charge in [-0.2, -0.15) is 0 Å². The molecule has 2 aromatic carbocycles. The quantitative estimate of drug-likeness (QED) is 0.119. The van der Waals surface area contributed by atoms with Gasteiger partial charge in [0.15, 0.2) is 5.82 Å². The maximum absolute atomic E-state index is 14.1. The number of phenols is 1. The van der Waals surface area contributed by atoms with Crippen LogP contribution < -0.4 is 26.2 Å². The number of anilines is 3. The number of amides is 3. The summed E-state index contributed by atoms with van der Waals surface area (Å²) < 4.78 is 0. The van der Waals surface area contributed by atoms with E-state index < -0.39 is 29.5 Å². The molecule has 2 aliphatic heterocycles. The summed E-state index contributed by atoms with van der Waals surface area (Å²) in [4.78, 5) is 56.9. The molecule has 2 aliphatic rings. The number of β-amino-alcohol motifs (C(OH)–C–C–N with tert-alkyl or cyclic N) is 1. The number of aromatic nitrogens is 4. The number of hydrogen-bond acceptors (Lipinski definition) is 13. The minimum atomic E-state index is -0.920. The van der Waals surface area contributed by atoms with Gasteiger partial charge in [-0.25, -0.2) is 9.97 Å². The number of nitrogens with zero attached hydrogens (tertiary/aromatic N) is 7. The van der Waals surface area contributed by atoms with Gasteiger partial charge in [-0.15, -0.1) is 21.5 Å². The maximum Gasteiger partial charge on any atom is 0.246 e. The number of phenolic OH excluding ortho intramolecular Hbond substituents is 1. The predicted octanol–water partition coefficient (Wildman–Crippen LogP) is 4.33. The Morgan fingerprint density at radius 3 is 2.38 bits per heavy atom. The predicted molar refractivity (Wildman–Crippen MR) is 232 cm³/mol. The Morgan fingerprint density at radius 1 is 0.950 bits per heavy atom. The zero-order valence-corrected chi connectivity index (χ0v) is 35.2. The van der Waals surface area contributed by atoms with Gasteiger partial charge in [0.05, 0.1) is 33.6 Å². The number of carbonyl (C=O) groups is 3. The first-order chi connectivity index (χ1) is 28.7.